The molecule has 0 aliphatic rings. The second kappa shape index (κ2) is 17.7. The van der Waals surface area contributed by atoms with Gasteiger partial charge in [-0.1, -0.05) is 125 Å². The van der Waals surface area contributed by atoms with Crippen molar-refractivity contribution >= 4 is 12.2 Å². The van der Waals surface area contributed by atoms with Gasteiger partial charge in [0.25, 0.3) is 0 Å². The van der Waals surface area contributed by atoms with E-state index in [2.05, 4.69) is 32.1 Å². The van der Waals surface area contributed by atoms with Crippen LogP contribution in [0.5, 0.6) is 0 Å². The molecule has 30 heavy (non-hydrogen) atoms. The molecule has 2 aromatic rings. The summed E-state index contributed by atoms with van der Waals surface area (Å²) in [6.45, 7) is 4.55. The molecule has 2 N–H and O–H groups in total. The van der Waals surface area contributed by atoms with E-state index in [1.165, 1.54) is 37.7 Å². The van der Waals surface area contributed by atoms with Crippen molar-refractivity contribution in [2.24, 2.45) is 0 Å². The summed E-state index contributed by atoms with van der Waals surface area (Å²) in [5.41, 5.74) is 3.46. The van der Waals surface area contributed by atoms with Crippen molar-refractivity contribution in [3.8, 4) is 0 Å². The van der Waals surface area contributed by atoms with Crippen LogP contribution < -0.4 is 0 Å². The fourth-order valence-corrected chi connectivity index (χ4v) is 3.07. The van der Waals surface area contributed by atoms with Crippen LogP contribution in [-0.2, 0) is 0 Å². The van der Waals surface area contributed by atoms with Gasteiger partial charge in [0.1, 0.15) is 0 Å². The SMILES string of the molecule is CCCCC/C(=C\c1ccccc1)CO.CCCCCC(O)/C=C/c1ccccc1. The zero-order valence-corrected chi connectivity index (χ0v) is 18.8. The Morgan fingerprint density at radius 1 is 0.800 bits per heavy atom. The molecule has 0 amide bonds. The molecule has 2 heteroatoms. The Balaban J connectivity index is 0.000000300. The summed E-state index contributed by atoms with van der Waals surface area (Å²) in [6.07, 6.45) is 14.7. The van der Waals surface area contributed by atoms with Crippen LogP contribution in [0.1, 0.15) is 76.3 Å². The van der Waals surface area contributed by atoms with Crippen molar-refractivity contribution in [2.45, 2.75) is 71.3 Å². The van der Waals surface area contributed by atoms with E-state index in [4.69, 9.17) is 0 Å². The van der Waals surface area contributed by atoms with Crippen LogP contribution in [0, 0.1) is 0 Å². The summed E-state index contributed by atoms with van der Waals surface area (Å²) in [7, 11) is 0. The lowest BCUT2D eigenvalue weighted by Gasteiger charge is -2.03. The Labute approximate surface area is 184 Å². The van der Waals surface area contributed by atoms with Gasteiger partial charge in [-0.15, -0.1) is 0 Å². The van der Waals surface area contributed by atoms with Crippen LogP contribution in [0.15, 0.2) is 72.3 Å². The first kappa shape index (κ1) is 25.9. The van der Waals surface area contributed by atoms with Crippen LogP contribution in [0.2, 0.25) is 0 Å². The maximum absolute atomic E-state index is 9.65. The lowest BCUT2D eigenvalue weighted by atomic mass is 10.1. The van der Waals surface area contributed by atoms with E-state index in [1.807, 2.05) is 60.7 Å². The molecule has 0 aliphatic heterocycles. The monoisotopic (exact) mass is 408 g/mol. The zero-order chi connectivity index (χ0) is 21.9. The zero-order valence-electron chi connectivity index (χ0n) is 18.8. The second-order valence-electron chi connectivity index (χ2n) is 7.66. The van der Waals surface area contributed by atoms with Crippen LogP contribution in [0.25, 0.3) is 12.2 Å². The predicted molar refractivity (Wildman–Crippen MR) is 131 cm³/mol. The fourth-order valence-electron chi connectivity index (χ4n) is 3.07. The van der Waals surface area contributed by atoms with Gasteiger partial charge in [-0.2, -0.15) is 0 Å². The summed E-state index contributed by atoms with van der Waals surface area (Å²) in [4.78, 5) is 0. The van der Waals surface area contributed by atoms with Crippen LogP contribution in [0.4, 0.5) is 0 Å². The first-order valence-corrected chi connectivity index (χ1v) is 11.5. The van der Waals surface area contributed by atoms with Crippen molar-refractivity contribution in [3.05, 3.63) is 83.4 Å². The summed E-state index contributed by atoms with van der Waals surface area (Å²) in [5.74, 6) is 0. The van der Waals surface area contributed by atoms with E-state index in [0.717, 1.165) is 30.4 Å². The summed E-state index contributed by atoms with van der Waals surface area (Å²) in [5, 5.41) is 18.9. The Bertz CT molecular complexity index is 689. The molecule has 0 saturated heterocycles. The molecular formula is C28H40O2. The Morgan fingerprint density at radius 2 is 1.37 bits per heavy atom. The second-order valence-corrected chi connectivity index (χ2v) is 7.66. The molecule has 1 unspecified atom stereocenters. The number of unbranched alkanes of at least 4 members (excludes halogenated alkanes) is 4. The molecule has 0 aliphatic carbocycles. The average Bonchev–Trinajstić information content (AvgIpc) is 2.79. The predicted octanol–water partition coefficient (Wildman–Crippen LogP) is 7.28. The number of aliphatic hydroxyl groups excluding tert-OH is 2. The average molecular weight is 409 g/mol. The third-order valence-corrected chi connectivity index (χ3v) is 4.89. The quantitative estimate of drug-likeness (QED) is 0.362. The molecule has 2 aromatic carbocycles. The van der Waals surface area contributed by atoms with E-state index in [1.54, 1.807) is 0 Å². The maximum atomic E-state index is 9.65. The van der Waals surface area contributed by atoms with Crippen molar-refractivity contribution in [2.75, 3.05) is 6.61 Å². The van der Waals surface area contributed by atoms with E-state index in [0.29, 0.717) is 0 Å². The molecule has 0 saturated carbocycles. The molecule has 0 fully saturated rings. The Hall–Kier alpha value is -2.16. The lowest BCUT2D eigenvalue weighted by molar-refractivity contribution is 0.209. The largest absolute Gasteiger partial charge is 0.392 e. The number of aliphatic hydroxyl groups is 2. The Morgan fingerprint density at radius 3 is 1.93 bits per heavy atom. The number of benzene rings is 2. The molecule has 2 nitrogen and oxygen atoms in total. The van der Waals surface area contributed by atoms with Crippen LogP contribution in [0.3, 0.4) is 0 Å². The molecule has 1 atom stereocenters. The van der Waals surface area contributed by atoms with Crippen molar-refractivity contribution in [3.63, 3.8) is 0 Å². The number of hydrogen-bond donors (Lipinski definition) is 2. The van der Waals surface area contributed by atoms with Gasteiger partial charge in [0.05, 0.1) is 12.7 Å². The Kier molecular flexibility index (Phi) is 15.2. The molecule has 0 radical (unpaired) electrons. The minimum atomic E-state index is -0.295. The first-order chi connectivity index (χ1) is 14.7. The van der Waals surface area contributed by atoms with Gasteiger partial charge in [-0.25, -0.2) is 0 Å². The van der Waals surface area contributed by atoms with E-state index >= 15 is 0 Å². The first-order valence-electron chi connectivity index (χ1n) is 11.5. The van der Waals surface area contributed by atoms with E-state index < -0.39 is 0 Å². The molecule has 0 spiro atoms. The van der Waals surface area contributed by atoms with Gasteiger partial charge in [0, 0.05) is 0 Å². The van der Waals surface area contributed by atoms with Gasteiger partial charge < -0.3 is 10.2 Å². The van der Waals surface area contributed by atoms with Gasteiger partial charge in [-0.3, -0.25) is 0 Å². The highest BCUT2D eigenvalue weighted by molar-refractivity contribution is 5.52. The van der Waals surface area contributed by atoms with Gasteiger partial charge in [0.2, 0.25) is 0 Å². The van der Waals surface area contributed by atoms with Crippen LogP contribution in [-0.4, -0.2) is 22.9 Å². The maximum Gasteiger partial charge on any atom is 0.0724 e. The van der Waals surface area contributed by atoms with Crippen molar-refractivity contribution in [1.29, 1.82) is 0 Å². The number of rotatable bonds is 12. The van der Waals surface area contributed by atoms with E-state index in [9.17, 15) is 10.2 Å². The normalized spacial score (nSPS) is 12.5. The fraction of sp³-hybridized carbons (Fsp3) is 0.429. The minimum absolute atomic E-state index is 0.179. The smallest absolute Gasteiger partial charge is 0.0724 e. The third-order valence-electron chi connectivity index (χ3n) is 4.89. The molecular weight excluding hydrogens is 368 g/mol. The topological polar surface area (TPSA) is 40.5 Å². The summed E-state index contributed by atoms with van der Waals surface area (Å²) < 4.78 is 0. The third kappa shape index (κ3) is 13.1. The highest BCUT2D eigenvalue weighted by Crippen LogP contribution is 2.13. The molecule has 2 rings (SSSR count). The molecule has 0 heterocycles. The van der Waals surface area contributed by atoms with E-state index in [-0.39, 0.29) is 12.7 Å². The molecule has 164 valence electrons. The minimum Gasteiger partial charge on any atom is -0.392 e. The van der Waals surface area contributed by atoms with Gasteiger partial charge >= 0.3 is 0 Å². The standard InChI is InChI=1S/2C14H20O/c1-2-3-5-10-14(12-15)11-13-8-6-4-7-9-13;1-2-3-5-10-14(15)12-11-13-8-6-4-7-9-13/h4,6-9,11,15H,2-3,5,10,12H2,1H3;4,6-9,11-12,14-15H,2-3,5,10H2,1H3/b14-11+;12-11+. The van der Waals surface area contributed by atoms with Crippen LogP contribution >= 0.6 is 0 Å². The van der Waals surface area contributed by atoms with Gasteiger partial charge in [-0.05, 0) is 36.0 Å². The molecule has 0 bridgehead atoms. The van der Waals surface area contributed by atoms with Crippen molar-refractivity contribution < 1.29 is 10.2 Å². The summed E-state index contributed by atoms with van der Waals surface area (Å²) >= 11 is 0. The lowest BCUT2D eigenvalue weighted by Crippen LogP contribution is -2.00. The highest BCUT2D eigenvalue weighted by atomic mass is 16.3. The van der Waals surface area contributed by atoms with Crippen molar-refractivity contribution in [1.82, 2.24) is 0 Å². The highest BCUT2D eigenvalue weighted by Gasteiger charge is 1.98. The summed E-state index contributed by atoms with van der Waals surface area (Å²) in [6, 6.07) is 20.3. The molecule has 0 aromatic heterocycles. The number of hydrogen-bond acceptors (Lipinski definition) is 2. The van der Waals surface area contributed by atoms with Gasteiger partial charge in [0.15, 0.2) is 0 Å².